The van der Waals surface area contributed by atoms with Crippen LogP contribution in [0.4, 0.5) is 5.69 Å². The summed E-state index contributed by atoms with van der Waals surface area (Å²) in [4.78, 5) is 14.1. The minimum atomic E-state index is -0.212. The Hall–Kier alpha value is -2.21. The van der Waals surface area contributed by atoms with Crippen molar-refractivity contribution in [3.63, 3.8) is 0 Å². The third kappa shape index (κ3) is 4.39. The molecule has 1 rings (SSSR count). The Kier molecular flexibility index (Phi) is 6.55. The van der Waals surface area contributed by atoms with Crippen molar-refractivity contribution in [2.75, 3.05) is 19.1 Å². The Morgan fingerprint density at radius 3 is 2.86 bits per heavy atom. The van der Waals surface area contributed by atoms with E-state index in [4.69, 9.17) is 5.41 Å². The number of aliphatic hydroxyl groups excluding tert-OH is 1. The van der Waals surface area contributed by atoms with Crippen LogP contribution in [0.25, 0.3) is 0 Å². The second kappa shape index (κ2) is 8.16. The van der Waals surface area contributed by atoms with Gasteiger partial charge in [-0.05, 0) is 25.5 Å². The zero-order valence-corrected chi connectivity index (χ0v) is 12.6. The minimum Gasteiger partial charge on any atom is -0.394 e. The largest absolute Gasteiger partial charge is 0.394 e. The van der Waals surface area contributed by atoms with Crippen molar-refractivity contribution in [3.05, 3.63) is 29.3 Å². The van der Waals surface area contributed by atoms with Gasteiger partial charge in [-0.25, -0.2) is 0 Å². The van der Waals surface area contributed by atoms with E-state index in [9.17, 15) is 9.90 Å². The van der Waals surface area contributed by atoms with E-state index < -0.39 is 0 Å². The van der Waals surface area contributed by atoms with E-state index in [1.165, 1.54) is 6.21 Å². The molecule has 0 spiro atoms. The molecule has 6 heteroatoms. The van der Waals surface area contributed by atoms with Crippen LogP contribution in [0.1, 0.15) is 29.3 Å². The SMILES string of the molecule is CCC(CO)N(C)C(=O)c1cc(C)ccc1N/N=C\C=N. The number of anilines is 1. The van der Waals surface area contributed by atoms with E-state index >= 15 is 0 Å². The number of carbonyl (C=O) groups is 1. The Morgan fingerprint density at radius 1 is 1.57 bits per heavy atom. The fourth-order valence-electron chi connectivity index (χ4n) is 1.96. The smallest absolute Gasteiger partial charge is 0.256 e. The molecule has 114 valence electrons. The molecule has 0 aliphatic carbocycles. The van der Waals surface area contributed by atoms with E-state index in [0.717, 1.165) is 11.8 Å². The van der Waals surface area contributed by atoms with E-state index in [0.29, 0.717) is 17.7 Å². The van der Waals surface area contributed by atoms with Gasteiger partial charge in [0.05, 0.1) is 30.1 Å². The number of carbonyl (C=O) groups excluding carboxylic acids is 1. The highest BCUT2D eigenvalue weighted by Gasteiger charge is 2.21. The molecule has 0 saturated carbocycles. The summed E-state index contributed by atoms with van der Waals surface area (Å²) in [6.45, 7) is 3.76. The van der Waals surface area contributed by atoms with Gasteiger partial charge in [-0.3, -0.25) is 10.2 Å². The second-order valence-corrected chi connectivity index (χ2v) is 4.77. The summed E-state index contributed by atoms with van der Waals surface area (Å²) in [5, 5.41) is 20.1. The summed E-state index contributed by atoms with van der Waals surface area (Å²) in [5.41, 5.74) is 4.79. The fourth-order valence-corrected chi connectivity index (χ4v) is 1.96. The molecule has 1 aromatic rings. The third-order valence-electron chi connectivity index (χ3n) is 3.29. The standard InChI is InChI=1S/C15H22N4O2/c1-4-12(10-20)19(3)15(21)13-9-11(2)5-6-14(13)18-17-8-7-16/h5-9,12,16,18,20H,4,10H2,1-3H3/b16-7?,17-8-. The number of hydrogen-bond acceptors (Lipinski definition) is 5. The monoisotopic (exact) mass is 290 g/mol. The number of aryl methyl sites for hydroxylation is 1. The van der Waals surface area contributed by atoms with Crippen LogP contribution < -0.4 is 5.43 Å². The summed E-state index contributed by atoms with van der Waals surface area (Å²) in [6.07, 6.45) is 3.02. The van der Waals surface area contributed by atoms with Crippen LogP contribution in [-0.4, -0.2) is 48.0 Å². The lowest BCUT2D eigenvalue weighted by molar-refractivity contribution is 0.0655. The van der Waals surface area contributed by atoms with Crippen molar-refractivity contribution in [1.29, 1.82) is 5.41 Å². The molecule has 0 fully saturated rings. The van der Waals surface area contributed by atoms with Gasteiger partial charge in [-0.2, -0.15) is 5.10 Å². The Balaban J connectivity index is 3.08. The van der Waals surface area contributed by atoms with Gasteiger partial charge in [-0.1, -0.05) is 18.6 Å². The van der Waals surface area contributed by atoms with Crippen LogP contribution in [0.3, 0.4) is 0 Å². The lowest BCUT2D eigenvalue weighted by atomic mass is 10.1. The zero-order valence-electron chi connectivity index (χ0n) is 12.6. The maximum absolute atomic E-state index is 12.6. The molecule has 0 aromatic heterocycles. The van der Waals surface area contributed by atoms with Crippen LogP contribution in [0.2, 0.25) is 0 Å². The maximum Gasteiger partial charge on any atom is 0.256 e. The first kappa shape index (κ1) is 16.8. The van der Waals surface area contributed by atoms with Gasteiger partial charge in [0.15, 0.2) is 0 Å². The van der Waals surface area contributed by atoms with E-state index in [1.807, 2.05) is 19.9 Å². The lowest BCUT2D eigenvalue weighted by Crippen LogP contribution is -2.39. The van der Waals surface area contributed by atoms with Gasteiger partial charge in [0.2, 0.25) is 0 Å². The van der Waals surface area contributed by atoms with Crippen LogP contribution in [0.15, 0.2) is 23.3 Å². The van der Waals surface area contributed by atoms with Crippen molar-refractivity contribution < 1.29 is 9.90 Å². The highest BCUT2D eigenvalue weighted by atomic mass is 16.3. The first-order valence-electron chi connectivity index (χ1n) is 6.81. The van der Waals surface area contributed by atoms with Crippen molar-refractivity contribution in [2.24, 2.45) is 5.10 Å². The average Bonchev–Trinajstić information content (AvgIpc) is 2.49. The molecular weight excluding hydrogens is 268 g/mol. The predicted molar refractivity (Wildman–Crippen MR) is 85.3 cm³/mol. The van der Waals surface area contributed by atoms with Crippen LogP contribution >= 0.6 is 0 Å². The van der Waals surface area contributed by atoms with Crippen LogP contribution in [0.5, 0.6) is 0 Å². The molecule has 21 heavy (non-hydrogen) atoms. The van der Waals surface area contributed by atoms with Crippen LogP contribution in [-0.2, 0) is 0 Å². The molecule has 0 radical (unpaired) electrons. The maximum atomic E-state index is 12.6. The quantitative estimate of drug-likeness (QED) is 0.529. The van der Waals surface area contributed by atoms with Crippen molar-refractivity contribution in [1.82, 2.24) is 4.90 Å². The molecular formula is C15H22N4O2. The molecule has 3 N–H and O–H groups in total. The normalized spacial score (nSPS) is 12.2. The van der Waals surface area contributed by atoms with Gasteiger partial charge in [0.25, 0.3) is 5.91 Å². The summed E-state index contributed by atoms with van der Waals surface area (Å²) < 4.78 is 0. The second-order valence-electron chi connectivity index (χ2n) is 4.77. The Morgan fingerprint density at radius 2 is 2.29 bits per heavy atom. The summed E-state index contributed by atoms with van der Waals surface area (Å²) >= 11 is 0. The molecule has 1 atom stereocenters. The number of amides is 1. The van der Waals surface area contributed by atoms with E-state index in [-0.39, 0.29) is 18.6 Å². The van der Waals surface area contributed by atoms with Gasteiger partial charge in [0, 0.05) is 13.3 Å². The van der Waals surface area contributed by atoms with Crippen molar-refractivity contribution >= 4 is 24.0 Å². The van der Waals surface area contributed by atoms with Gasteiger partial charge < -0.3 is 15.4 Å². The molecule has 0 aliphatic heterocycles. The number of likely N-dealkylation sites (N-methyl/N-ethyl adjacent to an activating group) is 1. The molecule has 0 heterocycles. The number of hydrogen-bond donors (Lipinski definition) is 3. The summed E-state index contributed by atoms with van der Waals surface area (Å²) in [6, 6.07) is 5.22. The Labute approximate surface area is 125 Å². The molecule has 1 amide bonds. The molecule has 0 saturated heterocycles. The molecule has 0 bridgehead atoms. The third-order valence-corrected chi connectivity index (χ3v) is 3.29. The number of rotatable bonds is 7. The number of hydrazone groups is 1. The molecule has 0 aliphatic rings. The van der Waals surface area contributed by atoms with Gasteiger partial charge in [0.1, 0.15) is 0 Å². The van der Waals surface area contributed by atoms with Crippen molar-refractivity contribution in [3.8, 4) is 0 Å². The Bertz CT molecular complexity index is 524. The van der Waals surface area contributed by atoms with Gasteiger partial charge in [-0.15, -0.1) is 0 Å². The highest BCUT2D eigenvalue weighted by molar-refractivity contribution is 6.14. The summed E-state index contributed by atoms with van der Waals surface area (Å²) in [7, 11) is 1.68. The fraction of sp³-hybridized carbons (Fsp3) is 0.400. The van der Waals surface area contributed by atoms with Gasteiger partial charge >= 0.3 is 0 Å². The zero-order chi connectivity index (χ0) is 15.8. The molecule has 1 unspecified atom stereocenters. The minimum absolute atomic E-state index is 0.0702. The average molecular weight is 290 g/mol. The topological polar surface area (TPSA) is 88.8 Å². The number of benzene rings is 1. The van der Waals surface area contributed by atoms with E-state index in [2.05, 4.69) is 10.5 Å². The number of nitrogens with one attached hydrogen (secondary N) is 2. The highest BCUT2D eigenvalue weighted by Crippen LogP contribution is 2.20. The predicted octanol–water partition coefficient (Wildman–Crippen LogP) is 1.89. The molecule has 6 nitrogen and oxygen atoms in total. The molecule has 1 aromatic carbocycles. The van der Waals surface area contributed by atoms with Crippen molar-refractivity contribution in [2.45, 2.75) is 26.3 Å². The first-order chi connectivity index (χ1) is 10.0. The summed E-state index contributed by atoms with van der Waals surface area (Å²) in [5.74, 6) is -0.174. The first-order valence-corrected chi connectivity index (χ1v) is 6.81. The van der Waals surface area contributed by atoms with Crippen LogP contribution in [0, 0.1) is 12.3 Å². The number of aliphatic hydroxyl groups is 1. The van der Waals surface area contributed by atoms with E-state index in [1.54, 1.807) is 24.1 Å². The lowest BCUT2D eigenvalue weighted by Gasteiger charge is -2.26. The number of nitrogens with zero attached hydrogens (tertiary/aromatic N) is 2.